The Bertz CT molecular complexity index is 808. The zero-order chi connectivity index (χ0) is 17.6. The first-order chi connectivity index (χ1) is 11.4. The van der Waals surface area contributed by atoms with E-state index in [0.717, 1.165) is 12.8 Å². The third-order valence-electron chi connectivity index (χ3n) is 3.53. The van der Waals surface area contributed by atoms with Gasteiger partial charge < -0.3 is 5.32 Å². The van der Waals surface area contributed by atoms with Crippen LogP contribution in [0.2, 0.25) is 5.02 Å². The van der Waals surface area contributed by atoms with E-state index in [-0.39, 0.29) is 21.4 Å². The summed E-state index contributed by atoms with van der Waals surface area (Å²) in [7, 11) is -2.31. The lowest BCUT2D eigenvalue weighted by Gasteiger charge is -2.09. The van der Waals surface area contributed by atoms with Crippen LogP contribution < -0.4 is 10.0 Å². The van der Waals surface area contributed by atoms with Gasteiger partial charge in [-0.3, -0.25) is 4.79 Å². The molecule has 0 heterocycles. The first-order valence-electron chi connectivity index (χ1n) is 7.49. The molecule has 0 aliphatic rings. The second-order valence-corrected chi connectivity index (χ2v) is 7.49. The molecule has 0 fully saturated rings. The Morgan fingerprint density at radius 1 is 1.12 bits per heavy atom. The highest BCUT2D eigenvalue weighted by Crippen LogP contribution is 2.20. The van der Waals surface area contributed by atoms with Crippen molar-refractivity contribution in [2.24, 2.45) is 0 Å². The van der Waals surface area contributed by atoms with E-state index in [4.69, 9.17) is 11.6 Å². The molecule has 2 rings (SSSR count). The van der Waals surface area contributed by atoms with Gasteiger partial charge in [-0.2, -0.15) is 0 Å². The molecule has 0 aromatic heterocycles. The Morgan fingerprint density at radius 2 is 1.83 bits per heavy atom. The van der Waals surface area contributed by atoms with Gasteiger partial charge in [-0.15, -0.1) is 0 Å². The van der Waals surface area contributed by atoms with E-state index in [1.807, 2.05) is 30.3 Å². The summed E-state index contributed by atoms with van der Waals surface area (Å²) in [4.78, 5) is 12.2. The fraction of sp³-hybridized carbons (Fsp3) is 0.235. The molecule has 0 atom stereocenters. The third kappa shape index (κ3) is 4.80. The maximum atomic E-state index is 12.2. The summed E-state index contributed by atoms with van der Waals surface area (Å²) < 4.78 is 25.8. The van der Waals surface area contributed by atoms with Crippen LogP contribution in [-0.2, 0) is 16.4 Å². The highest BCUT2D eigenvalue weighted by molar-refractivity contribution is 7.89. The average Bonchev–Trinajstić information content (AvgIpc) is 2.59. The van der Waals surface area contributed by atoms with Gasteiger partial charge in [0.15, 0.2) is 0 Å². The molecule has 0 bridgehead atoms. The van der Waals surface area contributed by atoms with Crippen LogP contribution in [0, 0.1) is 0 Å². The minimum atomic E-state index is -3.62. The summed E-state index contributed by atoms with van der Waals surface area (Å²) in [6.45, 7) is 0.479. The first-order valence-corrected chi connectivity index (χ1v) is 9.35. The topological polar surface area (TPSA) is 75.3 Å². The fourth-order valence-corrected chi connectivity index (χ4v) is 3.16. The van der Waals surface area contributed by atoms with Gasteiger partial charge in [0.25, 0.3) is 5.91 Å². The summed E-state index contributed by atoms with van der Waals surface area (Å²) >= 11 is 6.02. The van der Waals surface area contributed by atoms with E-state index in [1.165, 1.54) is 30.8 Å². The number of nitrogens with one attached hydrogen (secondary N) is 2. The number of hydrogen-bond donors (Lipinski definition) is 2. The van der Waals surface area contributed by atoms with Gasteiger partial charge in [0.1, 0.15) is 0 Å². The molecule has 5 nitrogen and oxygen atoms in total. The number of carbonyl (C=O) groups is 1. The van der Waals surface area contributed by atoms with E-state index < -0.39 is 10.0 Å². The summed E-state index contributed by atoms with van der Waals surface area (Å²) in [5, 5.41) is 2.98. The molecule has 128 valence electrons. The Labute approximate surface area is 147 Å². The van der Waals surface area contributed by atoms with E-state index in [2.05, 4.69) is 10.0 Å². The van der Waals surface area contributed by atoms with Crippen molar-refractivity contribution < 1.29 is 13.2 Å². The molecule has 0 saturated heterocycles. The van der Waals surface area contributed by atoms with Gasteiger partial charge in [0, 0.05) is 6.54 Å². The van der Waals surface area contributed by atoms with Crippen molar-refractivity contribution in [1.29, 1.82) is 0 Å². The molecule has 1 amide bonds. The van der Waals surface area contributed by atoms with E-state index in [1.54, 1.807) is 0 Å². The molecule has 2 aromatic rings. The SMILES string of the molecule is CNS(=O)(=O)c1ccc(Cl)c(C(=O)NCCCc2ccccc2)c1. The zero-order valence-electron chi connectivity index (χ0n) is 13.3. The average molecular weight is 367 g/mol. The Kier molecular flexibility index (Phi) is 6.36. The number of sulfonamides is 1. The van der Waals surface area contributed by atoms with Crippen molar-refractivity contribution in [1.82, 2.24) is 10.0 Å². The Morgan fingerprint density at radius 3 is 2.50 bits per heavy atom. The van der Waals surface area contributed by atoms with E-state index in [9.17, 15) is 13.2 Å². The first kappa shape index (κ1) is 18.4. The molecule has 2 N–H and O–H groups in total. The molecular formula is C17H19ClN2O3S. The van der Waals surface area contributed by atoms with Crippen LogP contribution in [0.5, 0.6) is 0 Å². The number of hydrogen-bond acceptors (Lipinski definition) is 3. The normalized spacial score (nSPS) is 11.2. The minimum Gasteiger partial charge on any atom is -0.352 e. The Balaban J connectivity index is 1.98. The molecular weight excluding hydrogens is 348 g/mol. The summed E-state index contributed by atoms with van der Waals surface area (Å²) in [5.41, 5.74) is 1.35. The maximum absolute atomic E-state index is 12.2. The van der Waals surface area contributed by atoms with Crippen molar-refractivity contribution in [3.63, 3.8) is 0 Å². The quantitative estimate of drug-likeness (QED) is 0.739. The molecule has 2 aromatic carbocycles. The van der Waals surface area contributed by atoms with Crippen LogP contribution in [0.3, 0.4) is 0 Å². The van der Waals surface area contributed by atoms with Gasteiger partial charge in [-0.1, -0.05) is 41.9 Å². The van der Waals surface area contributed by atoms with Crippen molar-refractivity contribution in [2.45, 2.75) is 17.7 Å². The van der Waals surface area contributed by atoms with Crippen LogP contribution in [0.25, 0.3) is 0 Å². The third-order valence-corrected chi connectivity index (χ3v) is 5.27. The number of amides is 1. The molecule has 0 spiro atoms. The number of benzene rings is 2. The number of carbonyl (C=O) groups excluding carboxylic acids is 1. The standard InChI is InChI=1S/C17H19ClN2O3S/c1-19-24(22,23)14-9-10-16(18)15(12-14)17(21)20-11-5-8-13-6-3-2-4-7-13/h2-4,6-7,9-10,12,19H,5,8,11H2,1H3,(H,20,21). The lowest BCUT2D eigenvalue weighted by Crippen LogP contribution is -2.26. The fourth-order valence-electron chi connectivity index (χ4n) is 2.20. The van der Waals surface area contributed by atoms with Gasteiger partial charge in [-0.25, -0.2) is 13.1 Å². The molecule has 24 heavy (non-hydrogen) atoms. The Hall–Kier alpha value is -1.89. The second kappa shape index (κ2) is 8.28. The predicted octanol–water partition coefficient (Wildman–Crippen LogP) is 2.61. The van der Waals surface area contributed by atoms with Crippen molar-refractivity contribution >= 4 is 27.5 Å². The second-order valence-electron chi connectivity index (χ2n) is 5.19. The van der Waals surface area contributed by atoms with E-state index in [0.29, 0.717) is 6.54 Å². The summed E-state index contributed by atoms with van der Waals surface area (Å²) in [6.07, 6.45) is 1.63. The number of aryl methyl sites for hydroxylation is 1. The smallest absolute Gasteiger partial charge is 0.252 e. The number of rotatable bonds is 7. The minimum absolute atomic E-state index is 0.00355. The van der Waals surface area contributed by atoms with Crippen molar-refractivity contribution in [3.05, 3.63) is 64.7 Å². The molecule has 7 heteroatoms. The van der Waals surface area contributed by atoms with Crippen LogP contribution in [-0.4, -0.2) is 27.9 Å². The molecule has 0 saturated carbocycles. The van der Waals surface area contributed by atoms with Crippen molar-refractivity contribution in [3.8, 4) is 0 Å². The van der Waals surface area contributed by atoms with Crippen LogP contribution >= 0.6 is 11.6 Å². The lowest BCUT2D eigenvalue weighted by molar-refractivity contribution is 0.0953. The van der Waals surface area contributed by atoms with Crippen LogP contribution in [0.15, 0.2) is 53.4 Å². The molecule has 0 radical (unpaired) electrons. The van der Waals surface area contributed by atoms with Crippen LogP contribution in [0.1, 0.15) is 22.3 Å². The summed E-state index contributed by atoms with van der Waals surface area (Å²) in [6, 6.07) is 14.0. The largest absolute Gasteiger partial charge is 0.352 e. The predicted molar refractivity (Wildman–Crippen MR) is 94.8 cm³/mol. The maximum Gasteiger partial charge on any atom is 0.252 e. The lowest BCUT2D eigenvalue weighted by atomic mass is 10.1. The zero-order valence-corrected chi connectivity index (χ0v) is 14.8. The highest BCUT2D eigenvalue weighted by Gasteiger charge is 2.17. The van der Waals surface area contributed by atoms with Gasteiger partial charge in [0.05, 0.1) is 15.5 Å². The molecule has 0 unspecified atom stereocenters. The monoisotopic (exact) mass is 366 g/mol. The highest BCUT2D eigenvalue weighted by atomic mass is 35.5. The summed E-state index contributed by atoms with van der Waals surface area (Å²) in [5.74, 6) is -0.388. The van der Waals surface area contributed by atoms with Gasteiger partial charge in [0.2, 0.25) is 10.0 Å². The van der Waals surface area contributed by atoms with Crippen molar-refractivity contribution in [2.75, 3.05) is 13.6 Å². The molecule has 0 aliphatic heterocycles. The van der Waals surface area contributed by atoms with Gasteiger partial charge >= 0.3 is 0 Å². The number of halogens is 1. The van der Waals surface area contributed by atoms with E-state index >= 15 is 0 Å². The van der Waals surface area contributed by atoms with Gasteiger partial charge in [-0.05, 0) is 43.7 Å². The molecule has 0 aliphatic carbocycles. The van der Waals surface area contributed by atoms with Crippen LogP contribution in [0.4, 0.5) is 0 Å².